The number of benzene rings is 1. The van der Waals surface area contributed by atoms with Crippen molar-refractivity contribution in [2.75, 3.05) is 38.3 Å². The van der Waals surface area contributed by atoms with E-state index in [-0.39, 0.29) is 17.8 Å². The second-order valence-electron chi connectivity index (χ2n) is 7.43. The number of aryl methyl sites for hydroxylation is 1. The number of carbonyl (C=O) groups excluding carboxylic acids is 1. The second kappa shape index (κ2) is 8.28. The molecule has 0 radical (unpaired) electrons. The standard InChI is InChI=1S/C20H29FN2O2/c1-15-3-4-17-13-18(21)5-6-19(17)23(15)20(24)14-22-10-7-16(8-11-22)9-12-25-2/h5-6,13,15-16H,3-4,7-12,14H2,1-2H3. The van der Waals surface area contributed by atoms with E-state index in [1.807, 2.05) is 4.90 Å². The van der Waals surface area contributed by atoms with Crippen LogP contribution in [0.2, 0.25) is 0 Å². The van der Waals surface area contributed by atoms with Crippen molar-refractivity contribution in [1.29, 1.82) is 0 Å². The minimum atomic E-state index is -0.223. The van der Waals surface area contributed by atoms with Gasteiger partial charge in [-0.1, -0.05) is 0 Å². The molecule has 1 fully saturated rings. The first-order valence-electron chi connectivity index (χ1n) is 9.40. The number of hydrogen-bond acceptors (Lipinski definition) is 3. The molecule has 1 atom stereocenters. The topological polar surface area (TPSA) is 32.8 Å². The monoisotopic (exact) mass is 348 g/mol. The summed E-state index contributed by atoms with van der Waals surface area (Å²) in [7, 11) is 1.75. The number of nitrogens with zero attached hydrogens (tertiary/aromatic N) is 2. The van der Waals surface area contributed by atoms with Crippen LogP contribution in [0.5, 0.6) is 0 Å². The Hall–Kier alpha value is -1.46. The maximum absolute atomic E-state index is 13.5. The van der Waals surface area contributed by atoms with Gasteiger partial charge in [0.05, 0.1) is 6.54 Å². The lowest BCUT2D eigenvalue weighted by molar-refractivity contribution is -0.120. The minimum absolute atomic E-state index is 0.135. The van der Waals surface area contributed by atoms with Crippen LogP contribution in [0.1, 0.15) is 38.2 Å². The van der Waals surface area contributed by atoms with Crippen LogP contribution in [0.3, 0.4) is 0 Å². The lowest BCUT2D eigenvalue weighted by Gasteiger charge is -2.38. The summed E-state index contributed by atoms with van der Waals surface area (Å²) < 4.78 is 18.7. The van der Waals surface area contributed by atoms with Crippen molar-refractivity contribution in [2.24, 2.45) is 5.92 Å². The Morgan fingerprint density at radius 3 is 2.76 bits per heavy atom. The van der Waals surface area contributed by atoms with Gasteiger partial charge in [0.1, 0.15) is 5.82 Å². The normalized spacial score (nSPS) is 22.0. The van der Waals surface area contributed by atoms with Gasteiger partial charge in [-0.3, -0.25) is 9.69 Å². The van der Waals surface area contributed by atoms with E-state index in [9.17, 15) is 9.18 Å². The number of piperidine rings is 1. The highest BCUT2D eigenvalue weighted by Gasteiger charge is 2.30. The van der Waals surface area contributed by atoms with Gasteiger partial charge in [0.2, 0.25) is 5.91 Å². The van der Waals surface area contributed by atoms with Crippen LogP contribution in [-0.4, -0.2) is 50.2 Å². The number of fused-ring (bicyclic) bond motifs is 1. The smallest absolute Gasteiger partial charge is 0.241 e. The minimum Gasteiger partial charge on any atom is -0.385 e. The van der Waals surface area contributed by atoms with Gasteiger partial charge in [0, 0.05) is 25.4 Å². The van der Waals surface area contributed by atoms with Crippen LogP contribution in [0.25, 0.3) is 0 Å². The molecule has 1 amide bonds. The SMILES string of the molecule is COCCC1CCN(CC(=O)N2c3ccc(F)cc3CCC2C)CC1. The van der Waals surface area contributed by atoms with Gasteiger partial charge in [-0.25, -0.2) is 4.39 Å². The Morgan fingerprint density at radius 1 is 1.28 bits per heavy atom. The predicted octanol–water partition coefficient (Wildman–Crippen LogP) is 3.24. The van der Waals surface area contributed by atoms with E-state index in [1.54, 1.807) is 19.2 Å². The summed E-state index contributed by atoms with van der Waals surface area (Å²) in [5, 5.41) is 0. The van der Waals surface area contributed by atoms with Crippen LogP contribution in [0.4, 0.5) is 10.1 Å². The van der Waals surface area contributed by atoms with Crippen molar-refractivity contribution in [3.63, 3.8) is 0 Å². The third-order valence-corrected chi connectivity index (χ3v) is 5.64. The summed E-state index contributed by atoms with van der Waals surface area (Å²) in [6, 6.07) is 4.96. The zero-order valence-electron chi connectivity index (χ0n) is 15.3. The highest BCUT2D eigenvalue weighted by molar-refractivity contribution is 5.96. The molecule has 25 heavy (non-hydrogen) atoms. The molecule has 138 valence electrons. The lowest BCUT2D eigenvalue weighted by atomic mass is 9.93. The van der Waals surface area contributed by atoms with Gasteiger partial charge in [0.15, 0.2) is 0 Å². The van der Waals surface area contributed by atoms with Crippen LogP contribution in [0, 0.1) is 11.7 Å². The average molecular weight is 348 g/mol. The number of hydrogen-bond donors (Lipinski definition) is 0. The Kier molecular flexibility index (Phi) is 6.07. The Bertz CT molecular complexity index is 599. The molecule has 5 heteroatoms. The number of halogens is 1. The quantitative estimate of drug-likeness (QED) is 0.819. The van der Waals surface area contributed by atoms with Gasteiger partial charge >= 0.3 is 0 Å². The molecule has 0 N–H and O–H groups in total. The molecule has 1 saturated heterocycles. The number of likely N-dealkylation sites (tertiary alicyclic amines) is 1. The number of amides is 1. The van der Waals surface area contributed by atoms with Gasteiger partial charge in [-0.2, -0.15) is 0 Å². The van der Waals surface area contributed by atoms with E-state index in [2.05, 4.69) is 11.8 Å². The predicted molar refractivity (Wildman–Crippen MR) is 97.3 cm³/mol. The van der Waals surface area contributed by atoms with Crippen LogP contribution < -0.4 is 4.90 Å². The number of rotatable bonds is 5. The van der Waals surface area contributed by atoms with Crippen molar-refractivity contribution >= 4 is 11.6 Å². The summed E-state index contributed by atoms with van der Waals surface area (Å²) in [6.45, 7) is 5.30. The summed E-state index contributed by atoms with van der Waals surface area (Å²) >= 11 is 0. The number of carbonyl (C=O) groups is 1. The zero-order valence-corrected chi connectivity index (χ0v) is 15.3. The highest BCUT2D eigenvalue weighted by Crippen LogP contribution is 2.31. The molecular weight excluding hydrogens is 319 g/mol. The van der Waals surface area contributed by atoms with E-state index in [0.717, 1.165) is 63.1 Å². The van der Waals surface area contributed by atoms with Crippen molar-refractivity contribution in [3.05, 3.63) is 29.6 Å². The van der Waals surface area contributed by atoms with Crippen molar-refractivity contribution in [2.45, 2.75) is 45.1 Å². The van der Waals surface area contributed by atoms with Crippen molar-refractivity contribution in [3.8, 4) is 0 Å². The summed E-state index contributed by atoms with van der Waals surface area (Å²) in [6.07, 6.45) is 5.10. The maximum Gasteiger partial charge on any atom is 0.241 e. The van der Waals surface area contributed by atoms with E-state index >= 15 is 0 Å². The molecule has 0 aliphatic carbocycles. The van der Waals surface area contributed by atoms with Gasteiger partial charge < -0.3 is 9.64 Å². The van der Waals surface area contributed by atoms with E-state index in [0.29, 0.717) is 12.5 Å². The Morgan fingerprint density at radius 2 is 2.04 bits per heavy atom. The Labute approximate surface area is 149 Å². The first kappa shape index (κ1) is 18.3. The molecule has 3 rings (SSSR count). The number of ether oxygens (including phenoxy) is 1. The summed E-state index contributed by atoms with van der Waals surface area (Å²) in [5.41, 5.74) is 1.84. The molecule has 2 heterocycles. The molecule has 1 aromatic carbocycles. The molecule has 2 aliphatic rings. The third-order valence-electron chi connectivity index (χ3n) is 5.64. The lowest BCUT2D eigenvalue weighted by Crippen LogP contribution is -2.48. The van der Waals surface area contributed by atoms with Crippen molar-refractivity contribution in [1.82, 2.24) is 4.90 Å². The first-order valence-corrected chi connectivity index (χ1v) is 9.40. The van der Waals surface area contributed by atoms with E-state index in [1.165, 1.54) is 6.07 Å². The fourth-order valence-corrected chi connectivity index (χ4v) is 4.09. The van der Waals surface area contributed by atoms with Gasteiger partial charge in [0.25, 0.3) is 0 Å². The molecule has 0 spiro atoms. The largest absolute Gasteiger partial charge is 0.385 e. The molecule has 1 unspecified atom stereocenters. The molecular formula is C20H29FN2O2. The van der Waals surface area contributed by atoms with Crippen LogP contribution in [0.15, 0.2) is 18.2 Å². The highest BCUT2D eigenvalue weighted by atomic mass is 19.1. The maximum atomic E-state index is 13.5. The van der Waals surface area contributed by atoms with Crippen LogP contribution in [-0.2, 0) is 16.0 Å². The molecule has 2 aliphatic heterocycles. The van der Waals surface area contributed by atoms with E-state index in [4.69, 9.17) is 4.74 Å². The molecule has 0 aromatic heterocycles. The van der Waals surface area contributed by atoms with Gasteiger partial charge in [-0.05, 0) is 81.8 Å². The number of methoxy groups -OCH3 is 1. The molecule has 0 saturated carbocycles. The van der Waals surface area contributed by atoms with Crippen molar-refractivity contribution < 1.29 is 13.9 Å². The third kappa shape index (κ3) is 4.39. The average Bonchev–Trinajstić information content (AvgIpc) is 2.61. The fraction of sp³-hybridized carbons (Fsp3) is 0.650. The summed E-state index contributed by atoms with van der Waals surface area (Å²) in [4.78, 5) is 17.1. The second-order valence-corrected chi connectivity index (χ2v) is 7.43. The van der Waals surface area contributed by atoms with Crippen LogP contribution >= 0.6 is 0 Å². The molecule has 4 nitrogen and oxygen atoms in total. The zero-order chi connectivity index (χ0) is 17.8. The number of anilines is 1. The molecule has 1 aromatic rings. The molecule has 0 bridgehead atoms. The van der Waals surface area contributed by atoms with Gasteiger partial charge in [-0.15, -0.1) is 0 Å². The summed E-state index contributed by atoms with van der Waals surface area (Å²) in [5.74, 6) is 0.623. The fourth-order valence-electron chi connectivity index (χ4n) is 4.09. The first-order chi connectivity index (χ1) is 12.1. The Balaban J connectivity index is 1.60. The van der Waals surface area contributed by atoms with E-state index < -0.39 is 0 Å².